The molecule has 8 heteroatoms. The number of ether oxygens (including phenoxy) is 2. The molecule has 5 aliphatic rings. The lowest BCUT2D eigenvalue weighted by Crippen LogP contribution is -2.71. The van der Waals surface area contributed by atoms with Gasteiger partial charge in [0.1, 0.15) is 6.17 Å². The summed E-state index contributed by atoms with van der Waals surface area (Å²) in [5.74, 6) is -2.28. The van der Waals surface area contributed by atoms with Crippen LogP contribution in [-0.2, 0) is 23.9 Å². The summed E-state index contributed by atoms with van der Waals surface area (Å²) in [6, 6.07) is 0. The predicted molar refractivity (Wildman–Crippen MR) is 143 cm³/mol. The van der Waals surface area contributed by atoms with Crippen molar-refractivity contribution in [2.24, 2.45) is 45.3 Å². The minimum absolute atomic E-state index is 0.0248. The molecule has 6 nitrogen and oxygen atoms in total. The lowest BCUT2D eigenvalue weighted by molar-refractivity contribution is -0.239. The van der Waals surface area contributed by atoms with Gasteiger partial charge in [-0.1, -0.05) is 53.5 Å². The molecule has 1 N–H and O–H groups in total. The second-order valence-electron chi connectivity index (χ2n) is 14.3. The summed E-state index contributed by atoms with van der Waals surface area (Å²) in [4.78, 5) is 39.8. The Balaban J connectivity index is 1.62. The van der Waals surface area contributed by atoms with Crippen LogP contribution in [0.4, 0.5) is 8.78 Å². The van der Waals surface area contributed by atoms with E-state index in [4.69, 9.17) is 15.9 Å². The third-order valence-corrected chi connectivity index (χ3v) is 12.3. The first-order valence-corrected chi connectivity index (χ1v) is 14.2. The standard InChI is InChI=1S/C32H40F2O6/c1-9-12-39-26(38)32(40-25(37)24-27(3,4)28(24,5)6)17(2)13-19-20-15-22(33)21-14-18(35)10-11-29(21,7)31(20,34)23(36)16-30(19,32)8/h1,10-11,14,17,19-20,22-24,36H,12-13,15-16H2,2-8H3/t17-,19?,20?,22+,23+,29+,30+,31+,32+/m1/s1. The number of allylic oxidation sites excluding steroid dienone is 4. The van der Waals surface area contributed by atoms with Gasteiger partial charge in [-0.15, -0.1) is 6.42 Å². The Morgan fingerprint density at radius 2 is 1.75 bits per heavy atom. The number of alkyl halides is 2. The molecule has 0 radical (unpaired) electrons. The third kappa shape index (κ3) is 3.22. The highest BCUT2D eigenvalue weighted by Crippen LogP contribution is 2.73. The summed E-state index contributed by atoms with van der Waals surface area (Å²) < 4.78 is 45.1. The summed E-state index contributed by atoms with van der Waals surface area (Å²) in [5, 5.41) is 11.7. The van der Waals surface area contributed by atoms with Gasteiger partial charge in [0.05, 0.1) is 12.0 Å². The van der Waals surface area contributed by atoms with E-state index in [0.29, 0.717) is 0 Å². The maximum absolute atomic E-state index is 17.6. The number of hydrogen-bond acceptors (Lipinski definition) is 6. The topological polar surface area (TPSA) is 89.9 Å². The zero-order valence-corrected chi connectivity index (χ0v) is 24.3. The molecule has 0 amide bonds. The number of carbonyl (C=O) groups is 3. The van der Waals surface area contributed by atoms with E-state index in [0.717, 1.165) is 6.08 Å². The van der Waals surface area contributed by atoms with Crippen molar-refractivity contribution in [1.82, 2.24) is 0 Å². The van der Waals surface area contributed by atoms with Crippen molar-refractivity contribution in [3.8, 4) is 12.3 Å². The summed E-state index contributed by atoms with van der Waals surface area (Å²) in [5.41, 5.74) is -7.72. The quantitative estimate of drug-likeness (QED) is 0.398. The van der Waals surface area contributed by atoms with Crippen LogP contribution in [0.25, 0.3) is 0 Å². The molecule has 40 heavy (non-hydrogen) atoms. The van der Waals surface area contributed by atoms with Gasteiger partial charge in [0.25, 0.3) is 0 Å². The highest BCUT2D eigenvalue weighted by Gasteiger charge is 2.80. The summed E-state index contributed by atoms with van der Waals surface area (Å²) in [7, 11) is 0. The molecule has 0 bridgehead atoms. The second kappa shape index (κ2) is 8.50. The van der Waals surface area contributed by atoms with Crippen molar-refractivity contribution >= 4 is 17.7 Å². The zero-order chi connectivity index (χ0) is 29.8. The molecule has 0 aromatic carbocycles. The molecule has 4 saturated carbocycles. The Morgan fingerprint density at radius 1 is 1.12 bits per heavy atom. The van der Waals surface area contributed by atoms with Crippen molar-refractivity contribution in [2.75, 3.05) is 6.61 Å². The van der Waals surface area contributed by atoms with E-state index in [9.17, 15) is 19.5 Å². The zero-order valence-electron chi connectivity index (χ0n) is 24.3. The maximum atomic E-state index is 17.6. The van der Waals surface area contributed by atoms with E-state index < -0.39 is 75.8 Å². The lowest BCUT2D eigenvalue weighted by atomic mass is 9.44. The highest BCUT2D eigenvalue weighted by atomic mass is 19.1. The second-order valence-corrected chi connectivity index (χ2v) is 14.3. The fourth-order valence-electron chi connectivity index (χ4n) is 9.44. The average Bonchev–Trinajstić information content (AvgIpc) is 3.17. The van der Waals surface area contributed by atoms with Crippen LogP contribution in [0.1, 0.15) is 67.7 Å². The molecule has 0 aliphatic heterocycles. The first kappa shape index (κ1) is 29.0. The third-order valence-electron chi connectivity index (χ3n) is 12.3. The number of ketones is 1. The summed E-state index contributed by atoms with van der Waals surface area (Å²) in [6.07, 6.45) is 5.61. The van der Waals surface area contributed by atoms with Crippen molar-refractivity contribution in [3.63, 3.8) is 0 Å². The number of aliphatic hydroxyl groups is 1. The number of aliphatic hydroxyl groups excluding tert-OH is 1. The molecule has 0 aromatic rings. The number of carbonyl (C=O) groups excluding carboxylic acids is 3. The Kier molecular flexibility index (Phi) is 6.16. The van der Waals surface area contributed by atoms with E-state index in [-0.39, 0.29) is 42.3 Å². The molecule has 0 heterocycles. The minimum Gasteiger partial charge on any atom is -0.450 e. The van der Waals surface area contributed by atoms with Crippen LogP contribution in [0.5, 0.6) is 0 Å². The van der Waals surface area contributed by atoms with Gasteiger partial charge in [0.2, 0.25) is 5.60 Å². The first-order chi connectivity index (χ1) is 18.4. The largest absolute Gasteiger partial charge is 0.450 e. The molecule has 9 atom stereocenters. The normalized spacial score (nSPS) is 46.3. The monoisotopic (exact) mass is 558 g/mol. The van der Waals surface area contributed by atoms with Gasteiger partial charge in [-0.2, -0.15) is 0 Å². The molecule has 5 aliphatic carbocycles. The molecule has 218 valence electrons. The Labute approximate surface area is 234 Å². The van der Waals surface area contributed by atoms with E-state index in [1.807, 2.05) is 27.7 Å². The molecule has 0 saturated heterocycles. The van der Waals surface area contributed by atoms with Crippen LogP contribution >= 0.6 is 0 Å². The number of rotatable bonds is 4. The van der Waals surface area contributed by atoms with E-state index in [1.54, 1.807) is 13.8 Å². The van der Waals surface area contributed by atoms with Crippen LogP contribution in [0, 0.1) is 57.7 Å². The summed E-state index contributed by atoms with van der Waals surface area (Å²) in [6.45, 7) is 12.5. The Hall–Kier alpha value is -2.53. The van der Waals surface area contributed by atoms with Crippen LogP contribution in [-0.4, -0.2) is 53.0 Å². The van der Waals surface area contributed by atoms with Crippen molar-refractivity contribution in [1.29, 1.82) is 0 Å². The van der Waals surface area contributed by atoms with Gasteiger partial charge >= 0.3 is 11.9 Å². The first-order valence-electron chi connectivity index (χ1n) is 14.2. The molecule has 5 rings (SSSR count). The van der Waals surface area contributed by atoms with Gasteiger partial charge < -0.3 is 14.6 Å². The van der Waals surface area contributed by atoms with Crippen LogP contribution < -0.4 is 0 Å². The van der Waals surface area contributed by atoms with E-state index >= 15 is 8.78 Å². The molecular formula is C32H40F2O6. The van der Waals surface area contributed by atoms with Gasteiger partial charge in [0, 0.05) is 22.7 Å². The SMILES string of the molecule is C#CCOC(=O)[C@@]1(OC(=O)C2C(C)(C)C2(C)C)[C@H](C)CC2C3C[C@H](F)C4=CC(=O)C=C[C@]4(C)[C@@]3(F)[C@@H](O)C[C@@]21C. The average molecular weight is 559 g/mol. The van der Waals surface area contributed by atoms with Crippen molar-refractivity contribution < 1.29 is 37.7 Å². The highest BCUT2D eigenvalue weighted by molar-refractivity contribution is 6.01. The minimum atomic E-state index is -2.31. The summed E-state index contributed by atoms with van der Waals surface area (Å²) >= 11 is 0. The van der Waals surface area contributed by atoms with Crippen LogP contribution in [0.2, 0.25) is 0 Å². The van der Waals surface area contributed by atoms with Gasteiger partial charge in [-0.25, -0.2) is 13.6 Å². The maximum Gasteiger partial charge on any atom is 0.352 e. The Bertz CT molecular complexity index is 1260. The number of hydrogen-bond donors (Lipinski definition) is 1. The van der Waals surface area contributed by atoms with Gasteiger partial charge in [-0.05, 0) is 60.7 Å². The molecular weight excluding hydrogens is 518 g/mol. The smallest absolute Gasteiger partial charge is 0.352 e. The number of halogens is 2. The van der Waals surface area contributed by atoms with Crippen molar-refractivity contribution in [3.05, 3.63) is 23.8 Å². The molecule has 0 aromatic heterocycles. The van der Waals surface area contributed by atoms with E-state index in [1.165, 1.54) is 19.1 Å². The van der Waals surface area contributed by atoms with Crippen LogP contribution in [0.15, 0.2) is 23.8 Å². The predicted octanol–water partition coefficient (Wildman–Crippen LogP) is 4.69. The number of esters is 2. The fraction of sp³-hybridized carbons (Fsp3) is 0.719. The fourth-order valence-corrected chi connectivity index (χ4v) is 9.44. The van der Waals surface area contributed by atoms with E-state index in [2.05, 4.69) is 5.92 Å². The van der Waals surface area contributed by atoms with Crippen LogP contribution in [0.3, 0.4) is 0 Å². The number of fused-ring (bicyclic) bond motifs is 5. The Morgan fingerprint density at radius 3 is 2.33 bits per heavy atom. The molecule has 0 spiro atoms. The lowest BCUT2D eigenvalue weighted by Gasteiger charge is -2.63. The van der Waals surface area contributed by atoms with Crippen molar-refractivity contribution in [2.45, 2.75) is 91.3 Å². The number of terminal acetylenes is 1. The molecule has 2 unspecified atom stereocenters. The van der Waals surface area contributed by atoms with Gasteiger partial charge in [-0.3, -0.25) is 9.59 Å². The molecule has 4 fully saturated rings. The van der Waals surface area contributed by atoms with Gasteiger partial charge in [0.15, 0.2) is 18.1 Å².